The largest absolute Gasteiger partial charge is 0.409 e. The standard InChI is InChI=1S/C11H17N3O2/c1-2-14(7-8-15)10-5-3-9(4-6-10)11(12)13-16/h3-6,15-16H,2,7-8H2,1H3,(H2,12,13). The maximum Gasteiger partial charge on any atom is 0.170 e. The van der Waals surface area contributed by atoms with Gasteiger partial charge in [-0.15, -0.1) is 0 Å². The quantitative estimate of drug-likeness (QED) is 0.295. The summed E-state index contributed by atoms with van der Waals surface area (Å²) in [5.74, 6) is 0.0942. The zero-order valence-electron chi connectivity index (χ0n) is 9.30. The normalized spacial score (nSPS) is 11.5. The second-order valence-corrected chi connectivity index (χ2v) is 3.34. The molecule has 0 aliphatic rings. The van der Waals surface area contributed by atoms with Gasteiger partial charge in [0.25, 0.3) is 0 Å². The van der Waals surface area contributed by atoms with Gasteiger partial charge in [0.05, 0.1) is 6.61 Å². The van der Waals surface area contributed by atoms with Crippen LogP contribution in [0, 0.1) is 0 Å². The molecule has 0 atom stereocenters. The fourth-order valence-corrected chi connectivity index (χ4v) is 1.49. The minimum Gasteiger partial charge on any atom is -0.409 e. The lowest BCUT2D eigenvalue weighted by Crippen LogP contribution is -2.26. The number of aliphatic hydroxyl groups excluding tert-OH is 1. The molecule has 0 aliphatic heterocycles. The highest BCUT2D eigenvalue weighted by molar-refractivity contribution is 5.97. The highest BCUT2D eigenvalue weighted by Gasteiger charge is 2.04. The van der Waals surface area contributed by atoms with Gasteiger partial charge >= 0.3 is 0 Å². The third kappa shape index (κ3) is 2.87. The first-order valence-electron chi connectivity index (χ1n) is 5.16. The SMILES string of the molecule is CCN(CCO)c1ccc(/C(N)=N/O)cc1. The first kappa shape index (κ1) is 12.3. The molecule has 0 heterocycles. The van der Waals surface area contributed by atoms with Crippen LogP contribution in [0.25, 0.3) is 0 Å². The number of likely N-dealkylation sites (N-methyl/N-ethyl adjacent to an activating group) is 1. The first-order chi connectivity index (χ1) is 7.72. The fourth-order valence-electron chi connectivity index (χ4n) is 1.49. The molecule has 0 saturated heterocycles. The highest BCUT2D eigenvalue weighted by atomic mass is 16.4. The molecular weight excluding hydrogens is 206 g/mol. The maximum absolute atomic E-state index is 8.90. The van der Waals surface area contributed by atoms with Gasteiger partial charge in [-0.25, -0.2) is 0 Å². The summed E-state index contributed by atoms with van der Waals surface area (Å²) in [6.07, 6.45) is 0. The smallest absolute Gasteiger partial charge is 0.170 e. The molecule has 0 unspecified atom stereocenters. The number of anilines is 1. The van der Waals surface area contributed by atoms with E-state index in [0.717, 1.165) is 12.2 Å². The average Bonchev–Trinajstić information content (AvgIpc) is 2.35. The van der Waals surface area contributed by atoms with E-state index in [-0.39, 0.29) is 12.4 Å². The lowest BCUT2D eigenvalue weighted by molar-refractivity contribution is 0.302. The first-order valence-corrected chi connectivity index (χ1v) is 5.16. The number of rotatable bonds is 5. The molecule has 0 amide bonds. The number of hydrogen-bond donors (Lipinski definition) is 3. The van der Waals surface area contributed by atoms with Crippen molar-refractivity contribution in [3.8, 4) is 0 Å². The van der Waals surface area contributed by atoms with Gasteiger partial charge in [0.15, 0.2) is 5.84 Å². The van der Waals surface area contributed by atoms with E-state index in [1.807, 2.05) is 24.0 Å². The number of benzene rings is 1. The van der Waals surface area contributed by atoms with Crippen molar-refractivity contribution in [2.45, 2.75) is 6.92 Å². The van der Waals surface area contributed by atoms with E-state index in [9.17, 15) is 0 Å². The summed E-state index contributed by atoms with van der Waals surface area (Å²) in [4.78, 5) is 2.04. The Labute approximate surface area is 94.8 Å². The van der Waals surface area contributed by atoms with Crippen molar-refractivity contribution in [2.24, 2.45) is 10.9 Å². The molecule has 0 bridgehead atoms. The summed E-state index contributed by atoms with van der Waals surface area (Å²) in [6, 6.07) is 7.33. The Morgan fingerprint density at radius 2 is 2.00 bits per heavy atom. The van der Waals surface area contributed by atoms with Gasteiger partial charge in [-0.3, -0.25) is 0 Å². The summed E-state index contributed by atoms with van der Waals surface area (Å²) < 4.78 is 0. The summed E-state index contributed by atoms with van der Waals surface area (Å²) in [5, 5.41) is 20.3. The summed E-state index contributed by atoms with van der Waals surface area (Å²) in [6.45, 7) is 3.56. The minimum absolute atomic E-state index is 0.0942. The zero-order valence-corrected chi connectivity index (χ0v) is 9.30. The Morgan fingerprint density at radius 1 is 1.38 bits per heavy atom. The van der Waals surface area contributed by atoms with E-state index < -0.39 is 0 Å². The summed E-state index contributed by atoms with van der Waals surface area (Å²) in [5.41, 5.74) is 7.14. The van der Waals surface area contributed by atoms with Crippen molar-refractivity contribution in [3.05, 3.63) is 29.8 Å². The predicted octanol–water partition coefficient (Wildman–Crippen LogP) is 0.600. The van der Waals surface area contributed by atoms with Crippen molar-refractivity contribution in [1.82, 2.24) is 0 Å². The second-order valence-electron chi connectivity index (χ2n) is 3.34. The monoisotopic (exact) mass is 223 g/mol. The van der Waals surface area contributed by atoms with Gasteiger partial charge in [0.2, 0.25) is 0 Å². The third-order valence-electron chi connectivity index (χ3n) is 2.39. The molecule has 1 aromatic carbocycles. The second kappa shape index (κ2) is 5.97. The molecule has 0 aromatic heterocycles. The molecule has 88 valence electrons. The van der Waals surface area contributed by atoms with Crippen LogP contribution in [-0.2, 0) is 0 Å². The number of oxime groups is 1. The topological polar surface area (TPSA) is 82.1 Å². The van der Waals surface area contributed by atoms with Crippen LogP contribution in [-0.4, -0.2) is 35.8 Å². The van der Waals surface area contributed by atoms with Crippen LogP contribution in [0.3, 0.4) is 0 Å². The molecule has 0 aliphatic carbocycles. The Kier molecular flexibility index (Phi) is 4.60. The minimum atomic E-state index is 0.0942. The van der Waals surface area contributed by atoms with Crippen LogP contribution >= 0.6 is 0 Å². The zero-order chi connectivity index (χ0) is 12.0. The molecule has 0 saturated carbocycles. The van der Waals surface area contributed by atoms with E-state index >= 15 is 0 Å². The Hall–Kier alpha value is -1.75. The molecule has 0 fully saturated rings. The van der Waals surface area contributed by atoms with Gasteiger partial charge in [-0.05, 0) is 31.2 Å². The van der Waals surface area contributed by atoms with E-state index in [4.69, 9.17) is 16.0 Å². The van der Waals surface area contributed by atoms with Gasteiger partial charge < -0.3 is 20.9 Å². The van der Waals surface area contributed by atoms with Crippen molar-refractivity contribution in [2.75, 3.05) is 24.6 Å². The van der Waals surface area contributed by atoms with Crippen LogP contribution < -0.4 is 10.6 Å². The fraction of sp³-hybridized carbons (Fsp3) is 0.364. The third-order valence-corrected chi connectivity index (χ3v) is 2.39. The van der Waals surface area contributed by atoms with Crippen molar-refractivity contribution in [3.63, 3.8) is 0 Å². The molecule has 4 N–H and O–H groups in total. The molecule has 1 rings (SSSR count). The van der Waals surface area contributed by atoms with Crippen LogP contribution in [0.5, 0.6) is 0 Å². The molecular formula is C11H17N3O2. The summed E-state index contributed by atoms with van der Waals surface area (Å²) >= 11 is 0. The molecule has 5 heteroatoms. The van der Waals surface area contributed by atoms with Crippen molar-refractivity contribution >= 4 is 11.5 Å². The van der Waals surface area contributed by atoms with Gasteiger partial charge in [0, 0.05) is 24.3 Å². The van der Waals surface area contributed by atoms with E-state index in [1.165, 1.54) is 0 Å². The molecule has 5 nitrogen and oxygen atoms in total. The van der Waals surface area contributed by atoms with Gasteiger partial charge in [0.1, 0.15) is 0 Å². The lowest BCUT2D eigenvalue weighted by Gasteiger charge is -2.22. The van der Waals surface area contributed by atoms with Crippen LogP contribution in [0.1, 0.15) is 12.5 Å². The van der Waals surface area contributed by atoms with Crippen LogP contribution in [0.15, 0.2) is 29.4 Å². The molecule has 16 heavy (non-hydrogen) atoms. The molecule has 0 spiro atoms. The highest BCUT2D eigenvalue weighted by Crippen LogP contribution is 2.14. The number of amidine groups is 1. The lowest BCUT2D eigenvalue weighted by atomic mass is 10.2. The number of aliphatic hydroxyl groups is 1. The van der Waals surface area contributed by atoms with Crippen molar-refractivity contribution < 1.29 is 10.3 Å². The Morgan fingerprint density at radius 3 is 2.44 bits per heavy atom. The van der Waals surface area contributed by atoms with Crippen molar-refractivity contribution in [1.29, 1.82) is 0 Å². The van der Waals surface area contributed by atoms with Crippen LogP contribution in [0.4, 0.5) is 5.69 Å². The molecule has 1 aromatic rings. The van der Waals surface area contributed by atoms with Gasteiger partial charge in [-0.2, -0.15) is 0 Å². The Bertz CT molecular complexity index is 349. The van der Waals surface area contributed by atoms with Gasteiger partial charge in [-0.1, -0.05) is 5.16 Å². The Balaban J connectivity index is 2.84. The number of nitrogens with zero attached hydrogens (tertiary/aromatic N) is 2. The van der Waals surface area contributed by atoms with Crippen LogP contribution in [0.2, 0.25) is 0 Å². The van der Waals surface area contributed by atoms with E-state index in [1.54, 1.807) is 12.1 Å². The number of hydrogen-bond acceptors (Lipinski definition) is 4. The van der Waals surface area contributed by atoms with E-state index in [0.29, 0.717) is 12.1 Å². The number of nitrogens with two attached hydrogens (primary N) is 1. The predicted molar refractivity (Wildman–Crippen MR) is 63.9 cm³/mol. The summed E-state index contributed by atoms with van der Waals surface area (Å²) in [7, 11) is 0. The molecule has 0 radical (unpaired) electrons. The maximum atomic E-state index is 8.90. The van der Waals surface area contributed by atoms with E-state index in [2.05, 4.69) is 5.16 Å². The average molecular weight is 223 g/mol.